The smallest absolute Gasteiger partial charge is 0.209 e. The molecule has 0 saturated carbocycles. The molecule has 0 fully saturated rings. The molecule has 6 rings (SSSR count). The Morgan fingerprint density at radius 3 is 0.759 bits per heavy atom. The van der Waals surface area contributed by atoms with Gasteiger partial charge in [0.15, 0.2) is 34.9 Å². The van der Waals surface area contributed by atoms with E-state index >= 15 is 0 Å². The summed E-state index contributed by atoms with van der Waals surface area (Å²) < 4.78 is -7.55. The van der Waals surface area contributed by atoms with Crippen LogP contribution in [0.15, 0.2) is 109 Å². The summed E-state index contributed by atoms with van der Waals surface area (Å²) in [5, 5.41) is 0. The summed E-state index contributed by atoms with van der Waals surface area (Å²) in [7, 11) is 0. The van der Waals surface area contributed by atoms with E-state index in [1.54, 1.807) is 0 Å². The van der Waals surface area contributed by atoms with Gasteiger partial charge in [-0.3, -0.25) is 0 Å². The van der Waals surface area contributed by atoms with E-state index < -0.39 is 15.2 Å². The molecule has 4 aromatic carbocycles. The molecular weight excluding hydrogens is 1010 g/mol. The van der Waals surface area contributed by atoms with Gasteiger partial charge in [0.1, 0.15) is 0 Å². The average molecular weight is 1040 g/mol. The van der Waals surface area contributed by atoms with Gasteiger partial charge in [-0.15, -0.1) is 11.6 Å². The lowest BCUT2D eigenvalue weighted by molar-refractivity contribution is 0.851. The third-order valence-corrected chi connectivity index (χ3v) is 9.19. The fourth-order valence-electron chi connectivity index (χ4n) is 4.52. The van der Waals surface area contributed by atoms with E-state index in [0.717, 1.165) is 22.3 Å². The zero-order valence-corrected chi connectivity index (χ0v) is 39.1. The monoisotopic (exact) mass is 1030 g/mol. The van der Waals surface area contributed by atoms with Crippen molar-refractivity contribution < 1.29 is 0 Å². The van der Waals surface area contributed by atoms with Crippen LogP contribution >= 0.6 is 151 Å². The number of hydrogen-bond acceptors (Lipinski definition) is 6. The third kappa shape index (κ3) is 15.3. The maximum absolute atomic E-state index is 5.90. The summed E-state index contributed by atoms with van der Waals surface area (Å²) in [5.41, 5.74) is 5.50. The average Bonchev–Trinajstić information content (AvgIpc) is 3.20. The SMILES string of the molecule is CCl.ClC(Cl)(Cl)c1nc(-c2ccc(C=Cc3ccccc3)cc2)nc(C(Cl)(Cl)Cl)n1.ClC(Cl)(Cl)c1nc(-c2ccc(C=Cc3ccccc3)cc2)nc(C(Cl)(Cl)Cl)n1. The van der Waals surface area contributed by atoms with Crippen molar-refractivity contribution in [3.05, 3.63) is 155 Å². The van der Waals surface area contributed by atoms with Crippen LogP contribution in [0.25, 0.3) is 47.1 Å². The van der Waals surface area contributed by atoms with E-state index in [4.69, 9.17) is 139 Å². The summed E-state index contributed by atoms with van der Waals surface area (Å²) in [5.74, 6) is -0.0463. The van der Waals surface area contributed by atoms with Gasteiger partial charge >= 0.3 is 0 Å². The van der Waals surface area contributed by atoms with E-state index in [1.807, 2.05) is 133 Å². The quantitative estimate of drug-likeness (QED) is 0.122. The molecule has 0 spiro atoms. The van der Waals surface area contributed by atoms with Crippen LogP contribution in [-0.4, -0.2) is 36.3 Å². The minimum atomic E-state index is -1.89. The van der Waals surface area contributed by atoms with Crippen molar-refractivity contribution in [1.29, 1.82) is 0 Å². The molecule has 0 N–H and O–H groups in total. The first-order valence-corrected chi connectivity index (χ1v) is 21.4. The Bertz CT molecular complexity index is 2060. The maximum atomic E-state index is 5.90. The molecule has 302 valence electrons. The van der Waals surface area contributed by atoms with Crippen molar-refractivity contribution >= 4 is 175 Å². The maximum Gasteiger partial charge on any atom is 0.250 e. The number of alkyl halides is 13. The zero-order valence-electron chi connectivity index (χ0n) is 29.3. The standard InChI is InChI=1S/2C19H11Cl6N3.CH3Cl/c2*20-18(21,22)16-26-15(27-17(28-16)19(23,24)25)14-10-8-13(9-11-14)7-6-12-4-2-1-3-5-12;1-2/h2*1-11H;1H3. The van der Waals surface area contributed by atoms with Crippen LogP contribution in [0.5, 0.6) is 0 Å². The van der Waals surface area contributed by atoms with Gasteiger partial charge in [-0.05, 0) is 22.3 Å². The molecule has 2 heterocycles. The highest BCUT2D eigenvalue weighted by molar-refractivity contribution is 6.68. The molecule has 19 heteroatoms. The van der Waals surface area contributed by atoms with Crippen molar-refractivity contribution in [3.63, 3.8) is 0 Å². The molecule has 0 amide bonds. The van der Waals surface area contributed by atoms with E-state index in [-0.39, 0.29) is 34.9 Å². The van der Waals surface area contributed by atoms with Crippen LogP contribution in [0.1, 0.15) is 45.6 Å². The van der Waals surface area contributed by atoms with E-state index in [1.165, 1.54) is 6.38 Å². The Hall–Kier alpha value is -1.85. The molecule has 0 radical (unpaired) electrons. The highest BCUT2D eigenvalue weighted by Gasteiger charge is 2.35. The van der Waals surface area contributed by atoms with Crippen LogP contribution in [-0.2, 0) is 15.2 Å². The zero-order chi connectivity index (χ0) is 42.7. The second-order valence-electron chi connectivity index (χ2n) is 11.3. The summed E-state index contributed by atoms with van der Waals surface area (Å²) >= 11 is 75.5. The van der Waals surface area contributed by atoms with Gasteiger partial charge in [0.2, 0.25) is 15.2 Å². The molecule has 0 unspecified atom stereocenters. The van der Waals surface area contributed by atoms with Crippen LogP contribution in [0.4, 0.5) is 0 Å². The van der Waals surface area contributed by atoms with Crippen LogP contribution in [0, 0.1) is 0 Å². The molecule has 0 atom stereocenters. The molecule has 2 aromatic heterocycles. The normalized spacial score (nSPS) is 12.2. The molecule has 6 aromatic rings. The summed E-state index contributed by atoms with van der Waals surface area (Å²) in [6.07, 6.45) is 9.48. The molecular formula is C39H25Cl13N6. The van der Waals surface area contributed by atoms with Gasteiger partial charge in [-0.25, -0.2) is 29.9 Å². The minimum Gasteiger partial charge on any atom is -0.209 e. The van der Waals surface area contributed by atoms with Crippen LogP contribution < -0.4 is 0 Å². The third-order valence-electron chi connectivity index (χ3n) is 7.16. The first-order chi connectivity index (χ1) is 27.3. The van der Waals surface area contributed by atoms with E-state index in [2.05, 4.69) is 41.5 Å². The minimum absolute atomic E-state index is 0.128. The Balaban J connectivity index is 0.000000246. The van der Waals surface area contributed by atoms with Crippen molar-refractivity contribution in [3.8, 4) is 22.8 Å². The van der Waals surface area contributed by atoms with Gasteiger partial charge < -0.3 is 0 Å². The first kappa shape index (κ1) is 48.8. The van der Waals surface area contributed by atoms with Gasteiger partial charge in [0.05, 0.1) is 0 Å². The molecule has 0 aliphatic rings. The lowest BCUT2D eigenvalue weighted by atomic mass is 10.1. The number of benzene rings is 4. The van der Waals surface area contributed by atoms with Gasteiger partial charge in [-0.1, -0.05) is 273 Å². The summed E-state index contributed by atoms with van der Waals surface area (Å²) in [6.45, 7) is 0. The predicted molar refractivity (Wildman–Crippen MR) is 250 cm³/mol. The van der Waals surface area contributed by atoms with Crippen LogP contribution in [0.3, 0.4) is 0 Å². The van der Waals surface area contributed by atoms with E-state index in [0.29, 0.717) is 11.1 Å². The number of nitrogens with zero attached hydrogens (tertiary/aromatic N) is 6. The number of hydrogen-bond donors (Lipinski definition) is 0. The molecule has 0 saturated heterocycles. The van der Waals surface area contributed by atoms with Crippen molar-refractivity contribution in [2.45, 2.75) is 15.2 Å². The topological polar surface area (TPSA) is 77.3 Å². The fraction of sp³-hybridized carbons (Fsp3) is 0.128. The Morgan fingerprint density at radius 2 is 0.534 bits per heavy atom. The first-order valence-electron chi connectivity index (χ1n) is 16.1. The lowest BCUT2D eigenvalue weighted by Gasteiger charge is -2.15. The molecule has 0 aliphatic heterocycles. The van der Waals surface area contributed by atoms with Crippen molar-refractivity contribution in [2.75, 3.05) is 6.38 Å². The van der Waals surface area contributed by atoms with Crippen LogP contribution in [0.2, 0.25) is 0 Å². The predicted octanol–water partition coefficient (Wildman–Crippen LogP) is 15.6. The van der Waals surface area contributed by atoms with Crippen molar-refractivity contribution in [1.82, 2.24) is 29.9 Å². The number of rotatable bonds is 6. The summed E-state index contributed by atoms with van der Waals surface area (Å²) in [4.78, 5) is 24.7. The van der Waals surface area contributed by atoms with Crippen molar-refractivity contribution in [2.24, 2.45) is 0 Å². The molecule has 6 nitrogen and oxygen atoms in total. The Kier molecular flexibility index (Phi) is 18.3. The Morgan fingerprint density at radius 1 is 0.310 bits per heavy atom. The molecule has 0 aliphatic carbocycles. The van der Waals surface area contributed by atoms with Gasteiger partial charge in [0, 0.05) is 17.5 Å². The molecule has 0 bridgehead atoms. The highest BCUT2D eigenvalue weighted by Crippen LogP contribution is 2.42. The van der Waals surface area contributed by atoms with Gasteiger partial charge in [-0.2, -0.15) is 0 Å². The molecule has 58 heavy (non-hydrogen) atoms. The second kappa shape index (κ2) is 21.8. The lowest BCUT2D eigenvalue weighted by Crippen LogP contribution is -2.16. The fourth-order valence-corrected chi connectivity index (χ4v) is 5.53. The second-order valence-corrected chi connectivity index (χ2v) is 20.5. The summed E-state index contributed by atoms with van der Waals surface area (Å²) in [6, 6.07) is 34.9. The highest BCUT2D eigenvalue weighted by atomic mass is 35.6. The Labute approximate surface area is 400 Å². The van der Waals surface area contributed by atoms with E-state index in [9.17, 15) is 0 Å². The number of halogens is 13. The largest absolute Gasteiger partial charge is 0.250 e. The number of aromatic nitrogens is 6. The van der Waals surface area contributed by atoms with Gasteiger partial charge in [0.25, 0.3) is 0 Å².